The molecule has 0 spiro atoms. The number of carboxylic acid groups (broad SMARTS) is 1. The van der Waals surface area contributed by atoms with Gasteiger partial charge in [0, 0.05) is 11.1 Å². The second-order valence-electron chi connectivity index (χ2n) is 4.80. The predicted molar refractivity (Wildman–Crippen MR) is 84.5 cm³/mol. The highest BCUT2D eigenvalue weighted by molar-refractivity contribution is 6.30. The van der Waals surface area contributed by atoms with Crippen molar-refractivity contribution in [2.75, 3.05) is 6.61 Å². The summed E-state index contributed by atoms with van der Waals surface area (Å²) in [6, 6.07) is 10.9. The molecule has 0 fully saturated rings. The third-order valence-corrected chi connectivity index (χ3v) is 3.36. The van der Waals surface area contributed by atoms with Crippen molar-refractivity contribution in [3.63, 3.8) is 0 Å². The number of halogens is 1. The second kappa shape index (κ2) is 6.64. The molecule has 3 rings (SSSR count). The predicted octanol–water partition coefficient (Wildman–Crippen LogP) is 2.37. The first-order chi connectivity index (χ1) is 11.5. The van der Waals surface area contributed by atoms with E-state index in [-0.39, 0.29) is 27.9 Å². The zero-order valence-electron chi connectivity index (χ0n) is 12.2. The molecule has 0 saturated carbocycles. The fourth-order valence-corrected chi connectivity index (χ4v) is 2.15. The number of hydrogen-bond donors (Lipinski definition) is 0. The van der Waals surface area contributed by atoms with E-state index in [9.17, 15) is 14.7 Å². The number of aliphatic carboxylic acids is 1. The Morgan fingerprint density at radius 1 is 1.12 bits per heavy atom. The molecule has 3 aromatic rings. The van der Waals surface area contributed by atoms with Crippen molar-refractivity contribution >= 4 is 28.5 Å². The van der Waals surface area contributed by atoms with Crippen molar-refractivity contribution in [2.24, 2.45) is 0 Å². The van der Waals surface area contributed by atoms with Crippen LogP contribution in [-0.4, -0.2) is 12.6 Å². The van der Waals surface area contributed by atoms with Crippen molar-refractivity contribution in [3.8, 4) is 17.2 Å². The van der Waals surface area contributed by atoms with Gasteiger partial charge in [0.2, 0.25) is 11.2 Å². The number of carboxylic acids is 1. The van der Waals surface area contributed by atoms with E-state index in [1.807, 2.05) is 0 Å². The first kappa shape index (κ1) is 15.9. The average Bonchev–Trinajstić information content (AvgIpc) is 2.57. The number of ether oxygens (including phenoxy) is 2. The molecule has 7 heteroatoms. The number of benzene rings is 2. The van der Waals surface area contributed by atoms with Crippen LogP contribution in [0.4, 0.5) is 0 Å². The number of rotatable bonds is 5. The van der Waals surface area contributed by atoms with Gasteiger partial charge in [-0.15, -0.1) is 0 Å². The number of hydrogen-bond acceptors (Lipinski definition) is 6. The lowest BCUT2D eigenvalue weighted by Crippen LogP contribution is -2.28. The summed E-state index contributed by atoms with van der Waals surface area (Å²) in [6.45, 7) is -0.590. The van der Waals surface area contributed by atoms with Crippen LogP contribution in [0, 0.1) is 0 Å². The smallest absolute Gasteiger partial charge is 0.235 e. The van der Waals surface area contributed by atoms with Gasteiger partial charge in [0.05, 0.1) is 11.4 Å². The van der Waals surface area contributed by atoms with Crippen molar-refractivity contribution in [2.45, 2.75) is 0 Å². The molecule has 0 atom stereocenters. The summed E-state index contributed by atoms with van der Waals surface area (Å²) in [5.74, 6) is -0.627. The van der Waals surface area contributed by atoms with Crippen molar-refractivity contribution in [3.05, 3.63) is 64.0 Å². The zero-order chi connectivity index (χ0) is 17.1. The average molecular weight is 346 g/mol. The van der Waals surface area contributed by atoms with Crippen LogP contribution < -0.4 is 20.0 Å². The zero-order valence-corrected chi connectivity index (χ0v) is 12.9. The molecule has 1 aromatic heterocycles. The molecular weight excluding hydrogens is 336 g/mol. The Labute approximate surface area is 140 Å². The molecule has 0 bridgehead atoms. The first-order valence-corrected chi connectivity index (χ1v) is 7.22. The van der Waals surface area contributed by atoms with E-state index >= 15 is 0 Å². The molecule has 0 aliphatic rings. The van der Waals surface area contributed by atoms with Gasteiger partial charge in [-0.05, 0) is 36.4 Å². The van der Waals surface area contributed by atoms with Crippen LogP contribution in [0.2, 0.25) is 5.02 Å². The Kier molecular flexibility index (Phi) is 4.39. The number of fused-ring (bicyclic) bond motifs is 1. The van der Waals surface area contributed by atoms with Gasteiger partial charge in [-0.2, -0.15) is 0 Å². The highest BCUT2D eigenvalue weighted by atomic mass is 35.5. The van der Waals surface area contributed by atoms with Crippen LogP contribution in [0.1, 0.15) is 0 Å². The van der Waals surface area contributed by atoms with E-state index in [0.717, 1.165) is 0 Å². The SMILES string of the molecule is O=C([O-])COc1ccc2c(=O)c(Oc3ccc(Cl)cc3)coc2c1. The summed E-state index contributed by atoms with van der Waals surface area (Å²) in [5.41, 5.74) is -0.114. The quantitative estimate of drug-likeness (QED) is 0.705. The van der Waals surface area contributed by atoms with Crippen LogP contribution in [0.25, 0.3) is 11.0 Å². The molecule has 0 saturated heterocycles. The lowest BCUT2D eigenvalue weighted by molar-refractivity contribution is -0.307. The number of carbonyl (C=O) groups excluding carboxylic acids is 1. The maximum Gasteiger partial charge on any atom is 0.235 e. The largest absolute Gasteiger partial charge is 0.546 e. The summed E-state index contributed by atoms with van der Waals surface area (Å²) in [5, 5.41) is 11.2. The lowest BCUT2D eigenvalue weighted by Gasteiger charge is -2.08. The van der Waals surface area contributed by atoms with E-state index in [1.165, 1.54) is 24.5 Å². The molecule has 0 radical (unpaired) electrons. The van der Waals surface area contributed by atoms with E-state index in [0.29, 0.717) is 10.8 Å². The Morgan fingerprint density at radius 2 is 1.83 bits per heavy atom. The Balaban J connectivity index is 1.90. The highest BCUT2D eigenvalue weighted by Crippen LogP contribution is 2.24. The summed E-state index contributed by atoms with van der Waals surface area (Å²) in [4.78, 5) is 22.8. The number of carbonyl (C=O) groups is 1. The van der Waals surface area contributed by atoms with Crippen LogP contribution in [0.15, 0.2) is 57.9 Å². The molecule has 1 heterocycles. The van der Waals surface area contributed by atoms with Crippen molar-refractivity contribution in [1.29, 1.82) is 0 Å². The van der Waals surface area contributed by atoms with Gasteiger partial charge >= 0.3 is 0 Å². The molecule has 2 aromatic carbocycles. The van der Waals surface area contributed by atoms with E-state index in [1.54, 1.807) is 24.3 Å². The Morgan fingerprint density at radius 3 is 2.54 bits per heavy atom. The molecule has 0 aliphatic carbocycles. The van der Waals surface area contributed by atoms with Crippen molar-refractivity contribution in [1.82, 2.24) is 0 Å². The topological polar surface area (TPSA) is 88.8 Å². The van der Waals surface area contributed by atoms with Crippen molar-refractivity contribution < 1.29 is 23.8 Å². The fraction of sp³-hybridized carbons (Fsp3) is 0.0588. The first-order valence-electron chi connectivity index (χ1n) is 6.84. The molecule has 0 amide bonds. The fourth-order valence-electron chi connectivity index (χ4n) is 2.02. The molecule has 122 valence electrons. The normalized spacial score (nSPS) is 10.5. The molecule has 24 heavy (non-hydrogen) atoms. The van der Waals surface area contributed by atoms with Crippen LogP contribution in [0.5, 0.6) is 17.2 Å². The molecule has 0 unspecified atom stereocenters. The van der Waals surface area contributed by atoms with Gasteiger partial charge in [0.25, 0.3) is 0 Å². The Hall–Kier alpha value is -2.99. The third kappa shape index (κ3) is 3.49. The van der Waals surface area contributed by atoms with Gasteiger partial charge in [-0.25, -0.2) is 0 Å². The molecule has 0 N–H and O–H groups in total. The summed E-state index contributed by atoms with van der Waals surface area (Å²) in [6.07, 6.45) is 1.18. The molecular formula is C17H10ClO6-. The van der Waals surface area contributed by atoms with Gasteiger partial charge in [-0.1, -0.05) is 11.6 Å². The summed E-state index contributed by atoms with van der Waals surface area (Å²) >= 11 is 5.80. The standard InChI is InChI=1S/C17H11ClO6/c18-10-1-3-11(4-2-10)24-15-8-23-14-7-12(22-9-16(19)20)5-6-13(14)17(15)21/h1-8H,9H2,(H,19,20)/p-1. The van der Waals surface area contributed by atoms with E-state index in [4.69, 9.17) is 25.5 Å². The third-order valence-electron chi connectivity index (χ3n) is 3.11. The van der Waals surface area contributed by atoms with Crippen LogP contribution >= 0.6 is 11.6 Å². The van der Waals surface area contributed by atoms with Gasteiger partial charge < -0.3 is 23.8 Å². The lowest BCUT2D eigenvalue weighted by atomic mass is 10.2. The Bertz CT molecular complexity index is 945. The second-order valence-corrected chi connectivity index (χ2v) is 5.24. The summed E-state index contributed by atoms with van der Waals surface area (Å²) in [7, 11) is 0. The molecule has 6 nitrogen and oxygen atoms in total. The monoisotopic (exact) mass is 345 g/mol. The minimum Gasteiger partial charge on any atom is -0.546 e. The van der Waals surface area contributed by atoms with Gasteiger partial charge in [0.15, 0.2) is 0 Å². The summed E-state index contributed by atoms with van der Waals surface area (Å²) < 4.78 is 15.9. The van der Waals surface area contributed by atoms with E-state index in [2.05, 4.69) is 0 Å². The van der Waals surface area contributed by atoms with Gasteiger partial charge in [-0.3, -0.25) is 4.79 Å². The van der Waals surface area contributed by atoms with Crippen LogP contribution in [-0.2, 0) is 4.79 Å². The minimum atomic E-state index is -1.34. The maximum atomic E-state index is 12.4. The van der Waals surface area contributed by atoms with E-state index < -0.39 is 12.6 Å². The molecule has 0 aliphatic heterocycles. The van der Waals surface area contributed by atoms with Crippen LogP contribution in [0.3, 0.4) is 0 Å². The van der Waals surface area contributed by atoms with Gasteiger partial charge in [0.1, 0.15) is 30.0 Å². The maximum absolute atomic E-state index is 12.4. The highest BCUT2D eigenvalue weighted by Gasteiger charge is 2.10. The minimum absolute atomic E-state index is 0.0215.